The smallest absolute Gasteiger partial charge is 0.257 e. The Balaban J connectivity index is 1.66. The fraction of sp³-hybridized carbons (Fsp3) is 0.182. The Bertz CT molecular complexity index is 1150. The number of benzene rings is 2. The highest BCUT2D eigenvalue weighted by Gasteiger charge is 2.21. The van der Waals surface area contributed by atoms with Crippen LogP contribution in [0.2, 0.25) is 5.02 Å². The minimum atomic E-state index is -3.57. The normalized spacial score (nSPS) is 11.4. The molecule has 9 heteroatoms. The summed E-state index contributed by atoms with van der Waals surface area (Å²) >= 11 is 6.05. The van der Waals surface area contributed by atoms with Gasteiger partial charge in [-0.1, -0.05) is 37.6 Å². The molecule has 0 aliphatic rings. The molecular formula is C22H22ClN3O4S. The molecule has 0 aliphatic carbocycles. The summed E-state index contributed by atoms with van der Waals surface area (Å²) in [5.41, 5.74) is 0.958. The first-order valence-electron chi connectivity index (χ1n) is 9.65. The highest BCUT2D eigenvalue weighted by Crippen LogP contribution is 2.24. The maximum absolute atomic E-state index is 12.5. The summed E-state index contributed by atoms with van der Waals surface area (Å²) in [4.78, 5) is 16.5. The third-order valence-corrected chi connectivity index (χ3v) is 6.87. The van der Waals surface area contributed by atoms with Gasteiger partial charge in [0.2, 0.25) is 15.9 Å². The molecule has 0 bridgehead atoms. The van der Waals surface area contributed by atoms with E-state index in [0.29, 0.717) is 35.1 Å². The summed E-state index contributed by atoms with van der Waals surface area (Å²) < 4.78 is 32.1. The van der Waals surface area contributed by atoms with Crippen LogP contribution in [0.4, 0.5) is 5.69 Å². The molecule has 1 aromatic heterocycles. The van der Waals surface area contributed by atoms with Crippen molar-refractivity contribution in [2.75, 3.05) is 18.4 Å². The van der Waals surface area contributed by atoms with E-state index in [-0.39, 0.29) is 16.7 Å². The Hall–Kier alpha value is -2.94. The predicted molar refractivity (Wildman–Crippen MR) is 120 cm³/mol. The van der Waals surface area contributed by atoms with Gasteiger partial charge in [-0.05, 0) is 42.5 Å². The number of hydrogen-bond donors (Lipinski definition) is 1. The number of ether oxygens (including phenoxy) is 1. The molecular weight excluding hydrogens is 438 g/mol. The molecule has 2 aromatic carbocycles. The van der Waals surface area contributed by atoms with E-state index in [9.17, 15) is 13.2 Å². The van der Waals surface area contributed by atoms with Crippen molar-refractivity contribution in [3.63, 3.8) is 0 Å². The quantitative estimate of drug-likeness (QED) is 0.522. The van der Waals surface area contributed by atoms with E-state index in [1.165, 1.54) is 22.6 Å². The van der Waals surface area contributed by atoms with Crippen LogP contribution in [0.1, 0.15) is 24.2 Å². The van der Waals surface area contributed by atoms with Crippen LogP contribution in [0.25, 0.3) is 0 Å². The number of aromatic nitrogens is 1. The maximum atomic E-state index is 12.5. The Labute approximate surface area is 186 Å². The molecule has 162 valence electrons. The van der Waals surface area contributed by atoms with Gasteiger partial charge in [0.15, 0.2) is 0 Å². The molecule has 7 nitrogen and oxygen atoms in total. The van der Waals surface area contributed by atoms with Gasteiger partial charge in [0.25, 0.3) is 5.91 Å². The fourth-order valence-corrected chi connectivity index (χ4v) is 4.49. The number of rotatable bonds is 8. The SMILES string of the molecule is CCN(CC)S(=O)(=O)c1ccc(Oc2ccc(NC(=O)c3ccccc3Cl)cc2)nc1. The molecule has 0 saturated heterocycles. The molecule has 3 rings (SSSR count). The van der Waals surface area contributed by atoms with Crippen molar-refractivity contribution >= 4 is 33.2 Å². The summed E-state index contributed by atoms with van der Waals surface area (Å²) in [5, 5.41) is 3.14. The van der Waals surface area contributed by atoms with Gasteiger partial charge < -0.3 is 10.1 Å². The van der Waals surface area contributed by atoms with Gasteiger partial charge in [0.1, 0.15) is 10.6 Å². The second kappa shape index (κ2) is 9.91. The number of carbonyl (C=O) groups is 1. The van der Waals surface area contributed by atoms with Gasteiger partial charge in [-0.2, -0.15) is 4.31 Å². The average molecular weight is 460 g/mol. The predicted octanol–water partition coefficient (Wildman–Crippen LogP) is 4.81. The Morgan fingerprint density at radius 2 is 1.71 bits per heavy atom. The zero-order chi connectivity index (χ0) is 22.4. The minimum Gasteiger partial charge on any atom is -0.439 e. The summed E-state index contributed by atoms with van der Waals surface area (Å²) in [7, 11) is -3.57. The molecule has 3 aromatic rings. The van der Waals surface area contributed by atoms with Gasteiger partial charge in [-0.25, -0.2) is 13.4 Å². The van der Waals surface area contributed by atoms with Crippen molar-refractivity contribution in [1.82, 2.24) is 9.29 Å². The molecule has 1 amide bonds. The van der Waals surface area contributed by atoms with Crippen molar-refractivity contribution in [2.45, 2.75) is 18.7 Å². The zero-order valence-corrected chi connectivity index (χ0v) is 18.7. The highest BCUT2D eigenvalue weighted by molar-refractivity contribution is 7.89. The van der Waals surface area contributed by atoms with Crippen molar-refractivity contribution in [1.29, 1.82) is 0 Å². The number of nitrogens with one attached hydrogen (secondary N) is 1. The van der Waals surface area contributed by atoms with Crippen LogP contribution in [-0.2, 0) is 10.0 Å². The third kappa shape index (κ3) is 5.41. The van der Waals surface area contributed by atoms with E-state index < -0.39 is 10.0 Å². The molecule has 0 saturated carbocycles. The lowest BCUT2D eigenvalue weighted by Gasteiger charge is -2.18. The molecule has 1 heterocycles. The van der Waals surface area contributed by atoms with Gasteiger partial charge >= 0.3 is 0 Å². The Kier molecular flexibility index (Phi) is 7.27. The summed E-state index contributed by atoms with van der Waals surface area (Å²) in [6.07, 6.45) is 1.28. The summed E-state index contributed by atoms with van der Waals surface area (Å²) in [5.74, 6) is 0.430. The molecule has 0 radical (unpaired) electrons. The van der Waals surface area contributed by atoms with Crippen LogP contribution in [0.3, 0.4) is 0 Å². The van der Waals surface area contributed by atoms with Crippen LogP contribution >= 0.6 is 11.6 Å². The lowest BCUT2D eigenvalue weighted by Crippen LogP contribution is -2.30. The lowest BCUT2D eigenvalue weighted by molar-refractivity contribution is 0.102. The zero-order valence-electron chi connectivity index (χ0n) is 17.1. The number of halogens is 1. The summed E-state index contributed by atoms with van der Waals surface area (Å²) in [6.45, 7) is 4.34. The molecule has 0 fully saturated rings. The minimum absolute atomic E-state index is 0.112. The van der Waals surface area contributed by atoms with Crippen molar-refractivity contribution in [2.24, 2.45) is 0 Å². The maximum Gasteiger partial charge on any atom is 0.257 e. The Morgan fingerprint density at radius 1 is 1.03 bits per heavy atom. The van der Waals surface area contributed by atoms with Crippen LogP contribution in [0.5, 0.6) is 11.6 Å². The molecule has 31 heavy (non-hydrogen) atoms. The molecule has 0 unspecified atom stereocenters. The number of hydrogen-bond acceptors (Lipinski definition) is 5. The molecule has 0 aliphatic heterocycles. The molecule has 0 atom stereocenters. The number of carbonyl (C=O) groups excluding carboxylic acids is 1. The van der Waals surface area contributed by atoms with Gasteiger partial charge in [0.05, 0.1) is 16.8 Å². The molecule has 0 spiro atoms. The average Bonchev–Trinajstić information content (AvgIpc) is 2.76. The number of sulfonamides is 1. The number of amides is 1. The van der Waals surface area contributed by atoms with Gasteiger partial charge in [-0.3, -0.25) is 4.79 Å². The van der Waals surface area contributed by atoms with Crippen LogP contribution in [0, 0.1) is 0 Å². The van der Waals surface area contributed by atoms with Crippen LogP contribution in [-0.4, -0.2) is 36.7 Å². The third-order valence-electron chi connectivity index (χ3n) is 4.51. The van der Waals surface area contributed by atoms with Crippen LogP contribution in [0.15, 0.2) is 71.8 Å². The first kappa shape index (κ1) is 22.7. The van der Waals surface area contributed by atoms with E-state index in [0.717, 1.165) is 0 Å². The van der Waals surface area contributed by atoms with E-state index in [1.54, 1.807) is 62.4 Å². The van der Waals surface area contributed by atoms with Crippen molar-refractivity contribution < 1.29 is 17.9 Å². The first-order valence-corrected chi connectivity index (χ1v) is 11.5. The van der Waals surface area contributed by atoms with E-state index in [1.807, 2.05) is 0 Å². The highest BCUT2D eigenvalue weighted by atomic mass is 35.5. The second-order valence-electron chi connectivity index (χ2n) is 6.48. The number of nitrogens with zero attached hydrogens (tertiary/aromatic N) is 2. The largest absolute Gasteiger partial charge is 0.439 e. The second-order valence-corrected chi connectivity index (χ2v) is 8.83. The topological polar surface area (TPSA) is 88.6 Å². The summed E-state index contributed by atoms with van der Waals surface area (Å²) in [6, 6.07) is 16.5. The monoisotopic (exact) mass is 459 g/mol. The van der Waals surface area contributed by atoms with Crippen LogP contribution < -0.4 is 10.1 Å². The first-order chi connectivity index (χ1) is 14.8. The van der Waals surface area contributed by atoms with E-state index in [2.05, 4.69) is 10.3 Å². The molecule has 1 N–H and O–H groups in total. The number of pyridine rings is 1. The van der Waals surface area contributed by atoms with Gasteiger partial charge in [0, 0.05) is 24.8 Å². The lowest BCUT2D eigenvalue weighted by atomic mass is 10.2. The Morgan fingerprint density at radius 3 is 2.29 bits per heavy atom. The van der Waals surface area contributed by atoms with E-state index >= 15 is 0 Å². The van der Waals surface area contributed by atoms with E-state index in [4.69, 9.17) is 16.3 Å². The number of anilines is 1. The fourth-order valence-electron chi connectivity index (χ4n) is 2.86. The van der Waals surface area contributed by atoms with Crippen molar-refractivity contribution in [3.8, 4) is 11.6 Å². The standard InChI is InChI=1S/C22H22ClN3O4S/c1-3-26(4-2)31(28,29)18-13-14-21(24-15-18)30-17-11-9-16(10-12-17)25-22(27)19-7-5-6-8-20(19)23/h5-15H,3-4H2,1-2H3,(H,25,27). The van der Waals surface area contributed by atoms with Gasteiger partial charge in [-0.15, -0.1) is 0 Å². The van der Waals surface area contributed by atoms with Crippen molar-refractivity contribution in [3.05, 3.63) is 77.4 Å².